The van der Waals surface area contributed by atoms with Gasteiger partial charge in [0.15, 0.2) is 5.78 Å². The number of benzene rings is 2. The third kappa shape index (κ3) is 6.60. The van der Waals surface area contributed by atoms with E-state index in [-0.39, 0.29) is 29.6 Å². The Balaban J connectivity index is 1.71. The lowest BCUT2D eigenvalue weighted by molar-refractivity contribution is -0.136. The van der Waals surface area contributed by atoms with E-state index in [1.807, 2.05) is 39.0 Å². The molecule has 0 bridgehead atoms. The molecule has 3 amide bonds. The van der Waals surface area contributed by atoms with Crippen LogP contribution >= 0.6 is 11.6 Å². The number of carbonyl (C=O) groups excluding carboxylic acids is 3. The summed E-state index contributed by atoms with van der Waals surface area (Å²) in [6, 6.07) is 11.8. The number of aliphatic imine (C=N–C) groups is 1. The van der Waals surface area contributed by atoms with Crippen LogP contribution in [0.25, 0.3) is 0 Å². The van der Waals surface area contributed by atoms with E-state index in [4.69, 9.17) is 21.3 Å². The lowest BCUT2D eigenvalue weighted by Crippen LogP contribution is -2.55. The zero-order valence-electron chi connectivity index (χ0n) is 24.8. The van der Waals surface area contributed by atoms with E-state index in [0.29, 0.717) is 29.4 Å². The lowest BCUT2D eigenvalue weighted by atomic mass is 9.97. The van der Waals surface area contributed by atoms with Crippen LogP contribution in [-0.4, -0.2) is 79.4 Å². The van der Waals surface area contributed by atoms with E-state index in [1.54, 1.807) is 36.1 Å². The van der Waals surface area contributed by atoms with Crippen LogP contribution in [0.5, 0.6) is 5.75 Å². The highest BCUT2D eigenvalue weighted by molar-refractivity contribution is 6.30. The molecule has 3 aromatic rings. The van der Waals surface area contributed by atoms with Crippen LogP contribution in [0, 0.1) is 0 Å². The predicted molar refractivity (Wildman–Crippen MR) is 162 cm³/mol. The number of hydrogen-bond donors (Lipinski definition) is 2. The van der Waals surface area contributed by atoms with E-state index < -0.39 is 41.9 Å². The number of nitrogens with zero attached hydrogens (tertiary/aromatic N) is 5. The standard InChI is InChI=1S/C31H33ClN6O6/c1-31(2,3)44-24-15-19(23(39)16-26(41)42)7-10-21(24)29-34-27(18-5-8-20(32)9-6-18)28(22-11-13-36(4)35-22)38(29)30(43)37-14-12-33-25(40)17-37/h5-11,13,15,27-28H,12,14,16-17H2,1-4H3,(H,33,40)(H,41,42)/t27-,28+/m0/s1. The van der Waals surface area contributed by atoms with Crippen LogP contribution < -0.4 is 10.1 Å². The van der Waals surface area contributed by atoms with Gasteiger partial charge in [-0.3, -0.25) is 29.0 Å². The highest BCUT2D eigenvalue weighted by Gasteiger charge is 2.46. The summed E-state index contributed by atoms with van der Waals surface area (Å²) in [5.41, 5.74) is 1.19. The summed E-state index contributed by atoms with van der Waals surface area (Å²) in [6.07, 6.45) is 1.09. The van der Waals surface area contributed by atoms with Gasteiger partial charge in [0.25, 0.3) is 0 Å². The molecule has 2 aliphatic rings. The number of ether oxygens (including phenoxy) is 1. The van der Waals surface area contributed by atoms with Crippen LogP contribution in [0.3, 0.4) is 0 Å². The van der Waals surface area contributed by atoms with E-state index in [2.05, 4.69) is 10.4 Å². The second-order valence-corrected chi connectivity index (χ2v) is 12.1. The molecule has 0 unspecified atom stereocenters. The van der Waals surface area contributed by atoms with Crippen molar-refractivity contribution in [3.63, 3.8) is 0 Å². The second-order valence-electron chi connectivity index (χ2n) is 11.7. The van der Waals surface area contributed by atoms with E-state index >= 15 is 0 Å². The van der Waals surface area contributed by atoms with Gasteiger partial charge in [-0.15, -0.1) is 0 Å². The molecule has 0 spiro atoms. The summed E-state index contributed by atoms with van der Waals surface area (Å²) >= 11 is 6.21. The molecule has 1 saturated heterocycles. The van der Waals surface area contributed by atoms with Gasteiger partial charge in [0, 0.05) is 36.9 Å². The summed E-state index contributed by atoms with van der Waals surface area (Å²) in [5.74, 6) is -1.60. The number of urea groups is 1. The third-order valence-electron chi connectivity index (χ3n) is 7.10. The fraction of sp³-hybridized carbons (Fsp3) is 0.355. The normalized spacial score (nSPS) is 18.6. The van der Waals surface area contributed by atoms with Crippen molar-refractivity contribution in [1.82, 2.24) is 24.9 Å². The zero-order chi connectivity index (χ0) is 31.8. The molecule has 2 N–H and O–H groups in total. The van der Waals surface area contributed by atoms with Gasteiger partial charge in [-0.25, -0.2) is 4.79 Å². The number of ketones is 1. The Morgan fingerprint density at radius 1 is 1.11 bits per heavy atom. The summed E-state index contributed by atoms with van der Waals surface area (Å²) in [7, 11) is 1.78. The maximum absolute atomic E-state index is 14.4. The number of aryl methyl sites for hydroxylation is 1. The number of piperazine rings is 1. The molecular formula is C31H33ClN6O6. The topological polar surface area (TPSA) is 146 Å². The van der Waals surface area contributed by atoms with Gasteiger partial charge in [0.05, 0.1) is 11.3 Å². The molecule has 2 atom stereocenters. The number of carbonyl (C=O) groups is 4. The molecule has 230 valence electrons. The van der Waals surface area contributed by atoms with Gasteiger partial charge in [-0.1, -0.05) is 29.8 Å². The number of carboxylic acid groups (broad SMARTS) is 1. The Morgan fingerprint density at radius 3 is 2.45 bits per heavy atom. The predicted octanol–water partition coefficient (Wildman–Crippen LogP) is 4.00. The molecule has 0 aliphatic carbocycles. The van der Waals surface area contributed by atoms with E-state index in [9.17, 15) is 24.3 Å². The number of Topliss-reactive ketones (excluding diaryl/α,β-unsaturated/α-hetero) is 1. The van der Waals surface area contributed by atoms with Gasteiger partial charge >= 0.3 is 12.0 Å². The number of aliphatic carboxylic acids is 1. The molecule has 1 fully saturated rings. The Morgan fingerprint density at radius 2 is 1.84 bits per heavy atom. The monoisotopic (exact) mass is 620 g/mol. The highest BCUT2D eigenvalue weighted by atomic mass is 35.5. The summed E-state index contributed by atoms with van der Waals surface area (Å²) < 4.78 is 7.94. The minimum atomic E-state index is -1.25. The van der Waals surface area contributed by atoms with Crippen molar-refractivity contribution in [3.05, 3.63) is 82.1 Å². The molecule has 12 nitrogen and oxygen atoms in total. The molecule has 13 heteroatoms. The number of halogens is 1. The third-order valence-corrected chi connectivity index (χ3v) is 7.35. The van der Waals surface area contributed by atoms with Gasteiger partial charge < -0.3 is 20.1 Å². The van der Waals surface area contributed by atoms with Crippen LogP contribution in [0.2, 0.25) is 5.02 Å². The van der Waals surface area contributed by atoms with E-state index in [0.717, 1.165) is 5.56 Å². The number of aromatic nitrogens is 2. The largest absolute Gasteiger partial charge is 0.487 e. The molecule has 44 heavy (non-hydrogen) atoms. The van der Waals surface area contributed by atoms with Gasteiger partial charge in [-0.05, 0) is 56.7 Å². The average molecular weight is 621 g/mol. The molecule has 5 rings (SSSR count). The van der Waals surface area contributed by atoms with Crippen LogP contribution in [0.4, 0.5) is 4.79 Å². The number of amidine groups is 1. The van der Waals surface area contributed by atoms with Crippen LogP contribution in [0.15, 0.2) is 59.7 Å². The summed E-state index contributed by atoms with van der Waals surface area (Å²) in [6.45, 7) is 5.98. The smallest absolute Gasteiger partial charge is 0.326 e. The lowest BCUT2D eigenvalue weighted by Gasteiger charge is -2.35. The highest BCUT2D eigenvalue weighted by Crippen LogP contribution is 2.45. The first-order valence-electron chi connectivity index (χ1n) is 14.1. The fourth-order valence-corrected chi connectivity index (χ4v) is 5.36. The second kappa shape index (κ2) is 12.1. The first-order valence-corrected chi connectivity index (χ1v) is 14.4. The van der Waals surface area contributed by atoms with Crippen molar-refractivity contribution in [2.24, 2.45) is 12.0 Å². The van der Waals surface area contributed by atoms with E-state index in [1.165, 1.54) is 21.9 Å². The van der Waals surface area contributed by atoms with Gasteiger partial charge in [0.2, 0.25) is 5.91 Å². The number of hydrogen-bond acceptors (Lipinski definition) is 7. The minimum absolute atomic E-state index is 0.128. The maximum atomic E-state index is 14.4. The van der Waals surface area contributed by atoms with Crippen molar-refractivity contribution in [1.29, 1.82) is 0 Å². The first kappa shape index (κ1) is 30.7. The molecular weight excluding hydrogens is 588 g/mol. The van der Waals surface area contributed by atoms with Crippen molar-refractivity contribution in [2.45, 2.75) is 44.9 Å². The fourth-order valence-electron chi connectivity index (χ4n) is 5.24. The molecule has 3 heterocycles. The van der Waals surface area contributed by atoms with Crippen LogP contribution in [0.1, 0.15) is 66.5 Å². The summed E-state index contributed by atoms with van der Waals surface area (Å²) in [5, 5.41) is 17.1. The SMILES string of the molecule is Cn1ccc([C@@H]2[C@H](c3ccc(Cl)cc3)N=C(c3ccc(C(=O)CC(=O)O)cc3OC(C)(C)C)N2C(=O)N2CCNC(=O)C2)n1. The zero-order valence-corrected chi connectivity index (χ0v) is 25.5. The van der Waals surface area contributed by atoms with Gasteiger partial charge in [0.1, 0.15) is 42.2 Å². The average Bonchev–Trinajstić information content (AvgIpc) is 3.55. The molecule has 2 aromatic carbocycles. The Kier molecular flexibility index (Phi) is 8.46. The Labute approximate surface area is 259 Å². The number of carboxylic acids is 1. The summed E-state index contributed by atoms with van der Waals surface area (Å²) in [4.78, 5) is 58.8. The van der Waals surface area contributed by atoms with Gasteiger partial charge in [-0.2, -0.15) is 5.10 Å². The molecule has 1 aromatic heterocycles. The molecule has 2 aliphatic heterocycles. The van der Waals surface area contributed by atoms with Crippen molar-refractivity contribution in [2.75, 3.05) is 19.6 Å². The number of amides is 3. The Bertz CT molecular complexity index is 1640. The van der Waals surface area contributed by atoms with Crippen molar-refractivity contribution < 1.29 is 29.0 Å². The number of rotatable bonds is 7. The molecule has 0 saturated carbocycles. The number of nitrogens with one attached hydrogen (secondary N) is 1. The first-order chi connectivity index (χ1) is 20.8. The minimum Gasteiger partial charge on any atom is -0.487 e. The quantitative estimate of drug-likeness (QED) is 0.300. The molecule has 0 radical (unpaired) electrons. The maximum Gasteiger partial charge on any atom is 0.326 e. The van der Waals surface area contributed by atoms with Crippen molar-refractivity contribution in [3.8, 4) is 5.75 Å². The van der Waals surface area contributed by atoms with Crippen LogP contribution in [-0.2, 0) is 16.6 Å². The Hall–Kier alpha value is -4.71. The van der Waals surface area contributed by atoms with Crippen molar-refractivity contribution >= 4 is 41.1 Å².